The van der Waals surface area contributed by atoms with Gasteiger partial charge in [0.05, 0.1) is 24.3 Å². The monoisotopic (exact) mass is 290 g/mol. The maximum Gasteiger partial charge on any atom is 0.305 e. The van der Waals surface area contributed by atoms with Crippen LogP contribution in [0.5, 0.6) is 5.75 Å². The topological polar surface area (TPSA) is 52.6 Å². The predicted molar refractivity (Wildman–Crippen MR) is 68.6 cm³/mol. The summed E-state index contributed by atoms with van der Waals surface area (Å²) in [6.07, 6.45) is 1.34. The Labute approximate surface area is 115 Å². The van der Waals surface area contributed by atoms with Gasteiger partial charge in [0.15, 0.2) is 6.29 Å². The SMILES string of the molecule is COC(=O)CCCOc1c(Cl)cc(Cl)cc1C=O. The van der Waals surface area contributed by atoms with Crippen LogP contribution in [-0.4, -0.2) is 26.0 Å². The van der Waals surface area contributed by atoms with Gasteiger partial charge in [0.25, 0.3) is 0 Å². The van der Waals surface area contributed by atoms with Gasteiger partial charge >= 0.3 is 5.97 Å². The second-order valence-electron chi connectivity index (χ2n) is 3.45. The summed E-state index contributed by atoms with van der Waals surface area (Å²) < 4.78 is 9.87. The van der Waals surface area contributed by atoms with Crippen molar-refractivity contribution >= 4 is 35.5 Å². The largest absolute Gasteiger partial charge is 0.491 e. The van der Waals surface area contributed by atoms with Gasteiger partial charge in [-0.25, -0.2) is 0 Å². The van der Waals surface area contributed by atoms with E-state index in [0.717, 1.165) is 0 Å². The average Bonchev–Trinajstić information content (AvgIpc) is 2.35. The van der Waals surface area contributed by atoms with Crippen molar-refractivity contribution in [2.24, 2.45) is 0 Å². The number of rotatable bonds is 6. The summed E-state index contributed by atoms with van der Waals surface area (Å²) in [6, 6.07) is 2.96. The number of hydrogen-bond acceptors (Lipinski definition) is 4. The molecule has 0 saturated heterocycles. The van der Waals surface area contributed by atoms with Gasteiger partial charge in [0.1, 0.15) is 5.75 Å². The van der Waals surface area contributed by atoms with E-state index >= 15 is 0 Å². The van der Waals surface area contributed by atoms with E-state index in [0.29, 0.717) is 17.7 Å². The molecule has 0 aliphatic rings. The average molecular weight is 291 g/mol. The summed E-state index contributed by atoms with van der Waals surface area (Å²) in [5, 5.41) is 0.631. The number of halogens is 2. The maximum atomic E-state index is 10.9. The Kier molecular flexibility index (Phi) is 5.95. The van der Waals surface area contributed by atoms with Crippen LogP contribution in [0.1, 0.15) is 23.2 Å². The molecule has 0 heterocycles. The molecule has 0 spiro atoms. The van der Waals surface area contributed by atoms with Crippen molar-refractivity contribution in [3.63, 3.8) is 0 Å². The lowest BCUT2D eigenvalue weighted by atomic mass is 10.2. The Morgan fingerprint density at radius 1 is 1.39 bits per heavy atom. The fraction of sp³-hybridized carbons (Fsp3) is 0.333. The molecule has 6 heteroatoms. The number of hydrogen-bond donors (Lipinski definition) is 0. The van der Waals surface area contributed by atoms with Crippen molar-refractivity contribution in [2.75, 3.05) is 13.7 Å². The van der Waals surface area contributed by atoms with Crippen molar-refractivity contribution in [3.8, 4) is 5.75 Å². The number of esters is 1. The Morgan fingerprint density at radius 2 is 2.11 bits per heavy atom. The standard InChI is InChI=1S/C12H12Cl2O4/c1-17-11(16)3-2-4-18-12-8(7-15)5-9(13)6-10(12)14/h5-7H,2-4H2,1H3. The second kappa shape index (κ2) is 7.24. The first-order valence-electron chi connectivity index (χ1n) is 5.22. The third-order valence-electron chi connectivity index (χ3n) is 2.16. The number of aldehydes is 1. The molecule has 1 aromatic carbocycles. The molecule has 0 bridgehead atoms. The van der Waals surface area contributed by atoms with Gasteiger partial charge in [0, 0.05) is 11.4 Å². The smallest absolute Gasteiger partial charge is 0.305 e. The summed E-state index contributed by atoms with van der Waals surface area (Å²) in [5.41, 5.74) is 0.283. The third kappa shape index (κ3) is 4.20. The molecule has 4 nitrogen and oxygen atoms in total. The molecule has 1 aromatic rings. The highest BCUT2D eigenvalue weighted by atomic mass is 35.5. The van der Waals surface area contributed by atoms with Gasteiger partial charge < -0.3 is 9.47 Å². The third-order valence-corrected chi connectivity index (χ3v) is 2.66. The number of benzene rings is 1. The van der Waals surface area contributed by atoms with Crippen molar-refractivity contribution in [2.45, 2.75) is 12.8 Å². The molecule has 0 unspecified atom stereocenters. The number of ether oxygens (including phenoxy) is 2. The molecule has 1 rings (SSSR count). The van der Waals surface area contributed by atoms with Crippen LogP contribution in [0.3, 0.4) is 0 Å². The minimum atomic E-state index is -0.309. The quantitative estimate of drug-likeness (QED) is 0.459. The summed E-state index contributed by atoms with van der Waals surface area (Å²) in [6.45, 7) is 0.261. The van der Waals surface area contributed by atoms with Gasteiger partial charge in [-0.15, -0.1) is 0 Å². The summed E-state index contributed by atoms with van der Waals surface area (Å²) >= 11 is 11.7. The van der Waals surface area contributed by atoms with E-state index in [2.05, 4.69) is 4.74 Å². The van der Waals surface area contributed by atoms with Crippen LogP contribution in [0.4, 0.5) is 0 Å². The number of methoxy groups -OCH3 is 1. The van der Waals surface area contributed by atoms with Gasteiger partial charge in [-0.3, -0.25) is 9.59 Å². The summed E-state index contributed by atoms with van der Waals surface area (Å²) in [4.78, 5) is 21.7. The highest BCUT2D eigenvalue weighted by molar-refractivity contribution is 6.36. The van der Waals surface area contributed by atoms with Crippen LogP contribution in [0.15, 0.2) is 12.1 Å². The normalized spacial score (nSPS) is 9.94. The Bertz CT molecular complexity index is 446. The van der Waals surface area contributed by atoms with E-state index < -0.39 is 0 Å². The highest BCUT2D eigenvalue weighted by Gasteiger charge is 2.10. The lowest BCUT2D eigenvalue weighted by Gasteiger charge is -2.10. The maximum absolute atomic E-state index is 10.9. The van der Waals surface area contributed by atoms with Crippen LogP contribution < -0.4 is 4.74 Å². The van der Waals surface area contributed by atoms with E-state index in [1.165, 1.54) is 19.2 Å². The number of carbonyl (C=O) groups is 2. The summed E-state index contributed by atoms with van der Waals surface area (Å²) in [7, 11) is 1.32. The molecule has 0 atom stereocenters. The molecule has 18 heavy (non-hydrogen) atoms. The zero-order valence-electron chi connectivity index (χ0n) is 9.74. The van der Waals surface area contributed by atoms with Crippen LogP contribution in [0.25, 0.3) is 0 Å². The Balaban J connectivity index is 2.61. The Morgan fingerprint density at radius 3 is 2.72 bits per heavy atom. The molecule has 0 amide bonds. The van der Waals surface area contributed by atoms with Crippen molar-refractivity contribution in [1.82, 2.24) is 0 Å². The number of carbonyl (C=O) groups excluding carboxylic acids is 2. The molecule has 0 radical (unpaired) electrons. The minimum Gasteiger partial charge on any atom is -0.491 e. The lowest BCUT2D eigenvalue weighted by Crippen LogP contribution is -2.05. The van der Waals surface area contributed by atoms with Gasteiger partial charge in [-0.1, -0.05) is 23.2 Å². The van der Waals surface area contributed by atoms with Crippen LogP contribution >= 0.6 is 23.2 Å². The molecule has 0 aliphatic heterocycles. The van der Waals surface area contributed by atoms with E-state index in [1.807, 2.05) is 0 Å². The van der Waals surface area contributed by atoms with Gasteiger partial charge in [-0.2, -0.15) is 0 Å². The minimum absolute atomic E-state index is 0.248. The summed E-state index contributed by atoms with van der Waals surface area (Å²) in [5.74, 6) is -0.0302. The first kappa shape index (κ1) is 14.8. The predicted octanol–water partition coefficient (Wildman–Crippen LogP) is 3.14. The molecule has 0 N–H and O–H groups in total. The molecule has 0 fully saturated rings. The van der Waals surface area contributed by atoms with Crippen molar-refractivity contribution in [1.29, 1.82) is 0 Å². The Hall–Kier alpha value is -1.26. The fourth-order valence-corrected chi connectivity index (χ4v) is 1.88. The molecular weight excluding hydrogens is 279 g/mol. The van der Waals surface area contributed by atoms with E-state index in [1.54, 1.807) is 0 Å². The lowest BCUT2D eigenvalue weighted by molar-refractivity contribution is -0.140. The molecule has 0 aromatic heterocycles. The van der Waals surface area contributed by atoms with Crippen LogP contribution in [-0.2, 0) is 9.53 Å². The molecule has 0 aliphatic carbocycles. The zero-order chi connectivity index (χ0) is 13.5. The first-order valence-corrected chi connectivity index (χ1v) is 5.98. The van der Waals surface area contributed by atoms with Crippen molar-refractivity contribution in [3.05, 3.63) is 27.7 Å². The van der Waals surface area contributed by atoms with E-state index in [-0.39, 0.29) is 35.3 Å². The van der Waals surface area contributed by atoms with Gasteiger partial charge in [-0.05, 0) is 18.6 Å². The zero-order valence-corrected chi connectivity index (χ0v) is 11.3. The second-order valence-corrected chi connectivity index (χ2v) is 4.30. The molecular formula is C12H12Cl2O4. The van der Waals surface area contributed by atoms with Crippen LogP contribution in [0.2, 0.25) is 10.0 Å². The molecule has 0 saturated carbocycles. The highest BCUT2D eigenvalue weighted by Crippen LogP contribution is 2.31. The van der Waals surface area contributed by atoms with E-state index in [9.17, 15) is 9.59 Å². The van der Waals surface area contributed by atoms with Gasteiger partial charge in [0.2, 0.25) is 0 Å². The van der Waals surface area contributed by atoms with E-state index in [4.69, 9.17) is 27.9 Å². The first-order chi connectivity index (χ1) is 8.58. The molecule has 98 valence electrons. The van der Waals surface area contributed by atoms with Crippen LogP contribution in [0, 0.1) is 0 Å². The fourth-order valence-electron chi connectivity index (χ4n) is 1.31. The van der Waals surface area contributed by atoms with Crippen molar-refractivity contribution < 1.29 is 19.1 Å².